The van der Waals surface area contributed by atoms with Gasteiger partial charge >= 0.3 is 6.18 Å². The molecular formula is C23H25ClF3N5O. The van der Waals surface area contributed by atoms with Crippen molar-refractivity contribution in [1.82, 2.24) is 20.1 Å². The zero-order valence-electron chi connectivity index (χ0n) is 18.1. The molecule has 1 aliphatic rings. The van der Waals surface area contributed by atoms with Crippen molar-refractivity contribution >= 4 is 34.1 Å². The predicted octanol–water partition coefficient (Wildman–Crippen LogP) is 5.55. The molecule has 1 aromatic carbocycles. The number of halogens is 4. The standard InChI is InChI=1S/C23H25ClF3N5O/c1-2-11-32-18(9-10-29-32)22(33)30-14-5-3-13(4-6-14)20-15(24)7-8-17-21(20)16(28)12-19(31-17)23(25,26)27/h7-10,12-14H,2-6,11H2,1H3,(H2,28,31)(H,30,33). The molecule has 3 aromatic rings. The van der Waals surface area contributed by atoms with Crippen LogP contribution in [0.15, 0.2) is 30.5 Å². The lowest BCUT2D eigenvalue weighted by Gasteiger charge is -2.30. The first-order valence-electron chi connectivity index (χ1n) is 11.0. The first kappa shape index (κ1) is 23.4. The fourth-order valence-electron chi connectivity index (χ4n) is 4.61. The Hall–Kier alpha value is -2.81. The third-order valence-corrected chi connectivity index (χ3v) is 6.47. The van der Waals surface area contributed by atoms with Crippen molar-refractivity contribution in [2.24, 2.45) is 0 Å². The van der Waals surface area contributed by atoms with E-state index in [9.17, 15) is 18.0 Å². The van der Waals surface area contributed by atoms with E-state index in [2.05, 4.69) is 15.4 Å². The van der Waals surface area contributed by atoms with Gasteiger partial charge in [-0.3, -0.25) is 9.48 Å². The minimum absolute atomic E-state index is 0.000201. The first-order valence-corrected chi connectivity index (χ1v) is 11.3. The Morgan fingerprint density at radius 1 is 1.24 bits per heavy atom. The van der Waals surface area contributed by atoms with Gasteiger partial charge in [-0.1, -0.05) is 18.5 Å². The fourth-order valence-corrected chi connectivity index (χ4v) is 4.92. The highest BCUT2D eigenvalue weighted by Gasteiger charge is 2.34. The first-order chi connectivity index (χ1) is 15.7. The monoisotopic (exact) mass is 479 g/mol. The molecule has 0 aliphatic heterocycles. The SMILES string of the molecule is CCCn1nccc1C(=O)NC1CCC(c2c(Cl)ccc3nc(C(F)(F)F)cc(N)c23)CC1. The van der Waals surface area contributed by atoms with Crippen LogP contribution < -0.4 is 11.1 Å². The van der Waals surface area contributed by atoms with Crippen LogP contribution in [-0.4, -0.2) is 26.7 Å². The number of fused-ring (bicyclic) bond motifs is 1. The van der Waals surface area contributed by atoms with Gasteiger partial charge in [-0.05, 0) is 67.9 Å². The summed E-state index contributed by atoms with van der Waals surface area (Å²) < 4.78 is 41.2. The average molecular weight is 480 g/mol. The summed E-state index contributed by atoms with van der Waals surface area (Å²) in [6, 6.07) is 5.62. The summed E-state index contributed by atoms with van der Waals surface area (Å²) in [5, 5.41) is 8.22. The van der Waals surface area contributed by atoms with Gasteiger partial charge in [0.1, 0.15) is 11.4 Å². The Morgan fingerprint density at radius 2 is 1.97 bits per heavy atom. The van der Waals surface area contributed by atoms with Gasteiger partial charge in [0, 0.05) is 34.9 Å². The summed E-state index contributed by atoms with van der Waals surface area (Å²) in [4.78, 5) is 16.5. The van der Waals surface area contributed by atoms with Gasteiger partial charge in [-0.25, -0.2) is 4.98 Å². The molecule has 33 heavy (non-hydrogen) atoms. The number of aryl methyl sites for hydroxylation is 1. The molecule has 0 unspecified atom stereocenters. The summed E-state index contributed by atoms with van der Waals surface area (Å²) >= 11 is 6.49. The third kappa shape index (κ3) is 4.78. The molecule has 2 heterocycles. The number of hydrogen-bond acceptors (Lipinski definition) is 4. The lowest BCUT2D eigenvalue weighted by Crippen LogP contribution is -2.38. The van der Waals surface area contributed by atoms with Crippen LogP contribution in [0.5, 0.6) is 0 Å². The van der Waals surface area contributed by atoms with Gasteiger partial charge < -0.3 is 11.1 Å². The van der Waals surface area contributed by atoms with Crippen LogP contribution in [0.25, 0.3) is 10.9 Å². The minimum atomic E-state index is -4.58. The number of amides is 1. The van der Waals surface area contributed by atoms with E-state index in [-0.39, 0.29) is 29.1 Å². The van der Waals surface area contributed by atoms with E-state index in [1.165, 1.54) is 6.07 Å². The van der Waals surface area contributed by atoms with Crippen molar-refractivity contribution < 1.29 is 18.0 Å². The molecule has 1 fully saturated rings. The number of nitrogen functional groups attached to an aromatic ring is 1. The molecule has 0 spiro atoms. The number of aromatic nitrogens is 3. The van der Waals surface area contributed by atoms with E-state index in [1.807, 2.05) is 6.92 Å². The topological polar surface area (TPSA) is 85.8 Å². The molecule has 0 saturated heterocycles. The normalized spacial score (nSPS) is 19.1. The second-order valence-electron chi connectivity index (χ2n) is 8.41. The van der Waals surface area contributed by atoms with E-state index in [0.717, 1.165) is 43.7 Å². The maximum atomic E-state index is 13.2. The summed E-state index contributed by atoms with van der Waals surface area (Å²) in [6.45, 7) is 2.70. The summed E-state index contributed by atoms with van der Waals surface area (Å²) in [7, 11) is 0. The Bertz CT molecular complexity index is 1170. The molecule has 3 N–H and O–H groups in total. The zero-order chi connectivity index (χ0) is 23.8. The van der Waals surface area contributed by atoms with E-state index >= 15 is 0 Å². The molecule has 2 aromatic heterocycles. The quantitative estimate of drug-likeness (QED) is 0.502. The number of carbonyl (C=O) groups is 1. The highest BCUT2D eigenvalue weighted by Crippen LogP contribution is 2.43. The Morgan fingerprint density at radius 3 is 2.64 bits per heavy atom. The van der Waals surface area contributed by atoms with Crippen LogP contribution in [0.1, 0.15) is 66.7 Å². The number of hydrogen-bond donors (Lipinski definition) is 2. The highest BCUT2D eigenvalue weighted by atomic mass is 35.5. The lowest BCUT2D eigenvalue weighted by molar-refractivity contribution is -0.140. The highest BCUT2D eigenvalue weighted by molar-refractivity contribution is 6.32. The summed E-state index contributed by atoms with van der Waals surface area (Å²) in [5.74, 6) is -0.137. The van der Waals surface area contributed by atoms with E-state index in [1.54, 1.807) is 23.0 Å². The van der Waals surface area contributed by atoms with Crippen LogP contribution in [-0.2, 0) is 12.7 Å². The smallest absolute Gasteiger partial charge is 0.398 e. The molecule has 0 atom stereocenters. The number of alkyl halides is 3. The third-order valence-electron chi connectivity index (χ3n) is 6.14. The number of anilines is 1. The molecule has 10 heteroatoms. The van der Waals surface area contributed by atoms with Gasteiger partial charge in [0.05, 0.1) is 5.52 Å². The maximum absolute atomic E-state index is 13.2. The van der Waals surface area contributed by atoms with Crippen molar-refractivity contribution in [3.05, 3.63) is 52.4 Å². The summed E-state index contributed by atoms with van der Waals surface area (Å²) in [6.07, 6.45) is 0.799. The Balaban J connectivity index is 1.52. The van der Waals surface area contributed by atoms with E-state index < -0.39 is 11.9 Å². The largest absolute Gasteiger partial charge is 0.433 e. The lowest BCUT2D eigenvalue weighted by atomic mass is 9.80. The zero-order valence-corrected chi connectivity index (χ0v) is 18.9. The Kier molecular flexibility index (Phi) is 6.52. The second kappa shape index (κ2) is 9.21. The van der Waals surface area contributed by atoms with Gasteiger partial charge in [0.2, 0.25) is 0 Å². The number of carbonyl (C=O) groups excluding carboxylic acids is 1. The number of nitrogens with zero attached hydrogens (tertiary/aromatic N) is 3. The number of rotatable bonds is 5. The molecule has 0 radical (unpaired) electrons. The average Bonchev–Trinajstić information content (AvgIpc) is 3.23. The molecule has 1 amide bonds. The molecule has 1 aliphatic carbocycles. The van der Waals surface area contributed by atoms with Gasteiger partial charge in [-0.2, -0.15) is 18.3 Å². The number of nitrogens with one attached hydrogen (secondary N) is 1. The van der Waals surface area contributed by atoms with Gasteiger partial charge in [-0.15, -0.1) is 0 Å². The van der Waals surface area contributed by atoms with Crippen LogP contribution in [0.4, 0.5) is 18.9 Å². The molecular weight excluding hydrogens is 455 g/mol. The predicted molar refractivity (Wildman–Crippen MR) is 121 cm³/mol. The molecule has 1 saturated carbocycles. The fraction of sp³-hybridized carbons (Fsp3) is 0.435. The van der Waals surface area contributed by atoms with Crippen molar-refractivity contribution in [2.45, 2.75) is 63.7 Å². The number of pyridine rings is 1. The van der Waals surface area contributed by atoms with E-state index in [0.29, 0.717) is 22.6 Å². The number of benzene rings is 1. The number of nitrogens with two attached hydrogens (primary N) is 1. The molecule has 176 valence electrons. The van der Waals surface area contributed by atoms with E-state index in [4.69, 9.17) is 17.3 Å². The van der Waals surface area contributed by atoms with Crippen LogP contribution in [0.2, 0.25) is 5.02 Å². The van der Waals surface area contributed by atoms with Crippen molar-refractivity contribution in [3.63, 3.8) is 0 Å². The van der Waals surface area contributed by atoms with Crippen LogP contribution in [0, 0.1) is 0 Å². The second-order valence-corrected chi connectivity index (χ2v) is 8.82. The van der Waals surface area contributed by atoms with Crippen LogP contribution in [0.3, 0.4) is 0 Å². The van der Waals surface area contributed by atoms with Gasteiger partial charge in [0.15, 0.2) is 0 Å². The maximum Gasteiger partial charge on any atom is 0.433 e. The van der Waals surface area contributed by atoms with Crippen molar-refractivity contribution in [2.75, 3.05) is 5.73 Å². The van der Waals surface area contributed by atoms with Crippen molar-refractivity contribution in [3.8, 4) is 0 Å². The molecule has 0 bridgehead atoms. The van der Waals surface area contributed by atoms with Gasteiger partial charge in [0.25, 0.3) is 5.91 Å². The van der Waals surface area contributed by atoms with Crippen LogP contribution >= 0.6 is 11.6 Å². The Labute approximate surface area is 194 Å². The molecule has 6 nitrogen and oxygen atoms in total. The minimum Gasteiger partial charge on any atom is -0.398 e. The van der Waals surface area contributed by atoms with Crippen molar-refractivity contribution in [1.29, 1.82) is 0 Å². The molecule has 4 rings (SSSR count). The summed E-state index contributed by atoms with van der Waals surface area (Å²) in [5.41, 5.74) is 6.51.